The number of unbranched alkanes of at least 4 members (excludes halogenated alkanes) is 1. The average molecular weight is 359 g/mol. The number of nitro groups is 1. The van der Waals surface area contributed by atoms with Crippen LogP contribution in [-0.4, -0.2) is 23.9 Å². The number of amides is 1. The lowest BCUT2D eigenvalue weighted by Gasteiger charge is -2.07. The molecule has 132 valence electrons. The summed E-state index contributed by atoms with van der Waals surface area (Å²) in [6.07, 6.45) is 2.16. The summed E-state index contributed by atoms with van der Waals surface area (Å²) in [4.78, 5) is 24.0. The maximum atomic E-state index is 11.8. The quantitative estimate of drug-likeness (QED) is 0.400. The van der Waals surface area contributed by atoms with Crippen molar-refractivity contribution in [3.05, 3.63) is 58.6 Å². The maximum Gasteiger partial charge on any atom is 0.269 e. The molecule has 0 saturated carbocycles. The largest absolute Gasteiger partial charge is 0.325 e. The molecule has 0 heterocycles. The minimum Gasteiger partial charge on any atom is -0.325 e. The molecule has 7 heteroatoms. The van der Waals surface area contributed by atoms with Gasteiger partial charge in [-0.15, -0.1) is 0 Å². The van der Waals surface area contributed by atoms with Crippen LogP contribution in [0, 0.1) is 10.1 Å². The lowest BCUT2D eigenvalue weighted by atomic mass is 10.3. The second-order valence-corrected chi connectivity index (χ2v) is 6.60. The molecule has 0 aromatic heterocycles. The molecule has 2 N–H and O–H groups in total. The maximum absolute atomic E-state index is 11.8. The van der Waals surface area contributed by atoms with Gasteiger partial charge < -0.3 is 10.6 Å². The predicted octanol–water partition coefficient (Wildman–Crippen LogP) is 4.07. The Balaban J connectivity index is 1.84. The summed E-state index contributed by atoms with van der Waals surface area (Å²) >= 11 is 1.51. The van der Waals surface area contributed by atoms with Crippen LogP contribution in [-0.2, 0) is 4.79 Å². The van der Waals surface area contributed by atoms with Gasteiger partial charge in [-0.1, -0.05) is 25.1 Å². The van der Waals surface area contributed by atoms with E-state index < -0.39 is 4.92 Å². The van der Waals surface area contributed by atoms with Crippen LogP contribution < -0.4 is 10.6 Å². The number of nitrogens with zero attached hydrogens (tertiary/aromatic N) is 1. The highest BCUT2D eigenvalue weighted by Gasteiger charge is 2.06. The second kappa shape index (κ2) is 9.80. The van der Waals surface area contributed by atoms with Gasteiger partial charge in [-0.2, -0.15) is 0 Å². The fourth-order valence-electron chi connectivity index (χ4n) is 2.09. The Morgan fingerprint density at radius 1 is 1.08 bits per heavy atom. The zero-order valence-corrected chi connectivity index (χ0v) is 14.8. The van der Waals surface area contributed by atoms with E-state index in [1.165, 1.54) is 23.9 Å². The molecule has 0 fully saturated rings. The minimum atomic E-state index is -0.414. The summed E-state index contributed by atoms with van der Waals surface area (Å²) in [5.41, 5.74) is 0.824. The van der Waals surface area contributed by atoms with Gasteiger partial charge in [0.1, 0.15) is 0 Å². The number of hydrogen-bond donors (Lipinski definition) is 2. The molecular weight excluding hydrogens is 338 g/mol. The van der Waals surface area contributed by atoms with Gasteiger partial charge in [-0.05, 0) is 49.4 Å². The lowest BCUT2D eigenvalue weighted by Crippen LogP contribution is -2.28. The molecule has 0 bridgehead atoms. The molecule has 2 aromatic rings. The molecule has 2 rings (SSSR count). The van der Waals surface area contributed by atoms with E-state index in [0.717, 1.165) is 34.9 Å². The summed E-state index contributed by atoms with van der Waals surface area (Å²) in [5, 5.41) is 16.6. The molecule has 0 spiro atoms. The number of non-ortho nitro benzene ring substituents is 1. The zero-order valence-electron chi connectivity index (χ0n) is 14.0. The van der Waals surface area contributed by atoms with Gasteiger partial charge in [0.05, 0.1) is 11.5 Å². The number of nitrogens with one attached hydrogen (secondary N) is 2. The summed E-state index contributed by atoms with van der Waals surface area (Å²) in [5.74, 6) is -0.0631. The number of carbonyl (C=O) groups is 1. The van der Waals surface area contributed by atoms with Crippen LogP contribution in [0.25, 0.3) is 0 Å². The fourth-order valence-corrected chi connectivity index (χ4v) is 2.90. The Hall–Kier alpha value is -2.38. The fraction of sp³-hybridized carbons (Fsp3) is 0.278. The number of hydrogen-bond acceptors (Lipinski definition) is 5. The predicted molar refractivity (Wildman–Crippen MR) is 100 cm³/mol. The van der Waals surface area contributed by atoms with E-state index in [2.05, 4.69) is 17.6 Å². The number of nitro benzene ring substituents is 1. The van der Waals surface area contributed by atoms with Gasteiger partial charge >= 0.3 is 0 Å². The summed E-state index contributed by atoms with van der Waals surface area (Å²) in [7, 11) is 0. The first-order valence-electron chi connectivity index (χ1n) is 8.11. The topological polar surface area (TPSA) is 84.3 Å². The van der Waals surface area contributed by atoms with Crippen molar-refractivity contribution < 1.29 is 9.72 Å². The highest BCUT2D eigenvalue weighted by atomic mass is 32.2. The molecule has 0 radical (unpaired) electrons. The van der Waals surface area contributed by atoms with Crippen molar-refractivity contribution in [3.8, 4) is 0 Å². The average Bonchev–Trinajstić information content (AvgIpc) is 2.61. The molecule has 0 atom stereocenters. The van der Waals surface area contributed by atoms with Crippen LogP contribution in [0.2, 0.25) is 0 Å². The zero-order chi connectivity index (χ0) is 18.1. The van der Waals surface area contributed by atoms with E-state index in [1.54, 1.807) is 12.1 Å². The number of carbonyl (C=O) groups excluding carboxylic acids is 1. The van der Waals surface area contributed by atoms with E-state index in [4.69, 9.17) is 0 Å². The third-order valence-corrected chi connectivity index (χ3v) is 4.43. The Labute approximate surface area is 151 Å². The van der Waals surface area contributed by atoms with Crippen molar-refractivity contribution >= 4 is 29.0 Å². The summed E-state index contributed by atoms with van der Waals surface area (Å²) in [6.45, 7) is 3.26. The highest BCUT2D eigenvalue weighted by Crippen LogP contribution is 2.29. The first kappa shape index (κ1) is 19.0. The van der Waals surface area contributed by atoms with Crippen LogP contribution >= 0.6 is 11.8 Å². The molecule has 0 saturated heterocycles. The van der Waals surface area contributed by atoms with Crippen molar-refractivity contribution in [2.75, 3.05) is 18.4 Å². The molecule has 25 heavy (non-hydrogen) atoms. The van der Waals surface area contributed by atoms with Gasteiger partial charge in [-0.3, -0.25) is 14.9 Å². The standard InChI is InChI=1S/C18H21N3O3S/c1-2-3-12-19-13-18(22)20-14-4-8-16(9-5-14)25-17-10-6-15(7-11-17)21(23)24/h4-11,19H,2-3,12-13H2,1H3,(H,20,22). The van der Waals surface area contributed by atoms with Gasteiger partial charge in [-0.25, -0.2) is 0 Å². The van der Waals surface area contributed by atoms with Crippen molar-refractivity contribution in [2.45, 2.75) is 29.6 Å². The Morgan fingerprint density at radius 2 is 1.68 bits per heavy atom. The van der Waals surface area contributed by atoms with E-state index in [-0.39, 0.29) is 11.6 Å². The summed E-state index contributed by atoms with van der Waals surface area (Å²) < 4.78 is 0. The Morgan fingerprint density at radius 3 is 2.24 bits per heavy atom. The molecule has 6 nitrogen and oxygen atoms in total. The van der Waals surface area contributed by atoms with Gasteiger partial charge in [0, 0.05) is 27.6 Å². The van der Waals surface area contributed by atoms with Crippen LogP contribution in [0.3, 0.4) is 0 Å². The van der Waals surface area contributed by atoms with Crippen LogP contribution in [0.5, 0.6) is 0 Å². The smallest absolute Gasteiger partial charge is 0.269 e. The molecule has 0 aliphatic carbocycles. The van der Waals surface area contributed by atoms with Gasteiger partial charge in [0.25, 0.3) is 5.69 Å². The molecule has 0 unspecified atom stereocenters. The first-order chi connectivity index (χ1) is 12.1. The molecular formula is C18H21N3O3S. The SMILES string of the molecule is CCCCNCC(=O)Nc1ccc(Sc2ccc([N+](=O)[O-])cc2)cc1. The third kappa shape index (κ3) is 6.56. The normalized spacial score (nSPS) is 10.4. The van der Waals surface area contributed by atoms with Gasteiger partial charge in [0.2, 0.25) is 5.91 Å². The molecule has 0 aliphatic rings. The van der Waals surface area contributed by atoms with E-state index in [1.807, 2.05) is 24.3 Å². The van der Waals surface area contributed by atoms with Crippen molar-refractivity contribution in [1.82, 2.24) is 5.32 Å². The third-order valence-electron chi connectivity index (χ3n) is 3.41. The number of anilines is 1. The number of benzene rings is 2. The van der Waals surface area contributed by atoms with Crippen molar-refractivity contribution in [2.24, 2.45) is 0 Å². The van der Waals surface area contributed by atoms with Crippen LogP contribution in [0.1, 0.15) is 19.8 Å². The van der Waals surface area contributed by atoms with E-state index in [0.29, 0.717) is 6.54 Å². The summed E-state index contributed by atoms with van der Waals surface area (Å²) in [6, 6.07) is 13.9. The lowest BCUT2D eigenvalue weighted by molar-refractivity contribution is -0.384. The highest BCUT2D eigenvalue weighted by molar-refractivity contribution is 7.99. The minimum absolute atomic E-state index is 0.0631. The monoisotopic (exact) mass is 359 g/mol. The van der Waals surface area contributed by atoms with Crippen molar-refractivity contribution in [1.29, 1.82) is 0 Å². The van der Waals surface area contributed by atoms with Gasteiger partial charge in [0.15, 0.2) is 0 Å². The Kier molecular flexibility index (Phi) is 7.43. The van der Waals surface area contributed by atoms with Crippen LogP contribution in [0.15, 0.2) is 58.3 Å². The van der Waals surface area contributed by atoms with Crippen molar-refractivity contribution in [3.63, 3.8) is 0 Å². The van der Waals surface area contributed by atoms with Crippen LogP contribution in [0.4, 0.5) is 11.4 Å². The number of rotatable bonds is 9. The molecule has 2 aromatic carbocycles. The second-order valence-electron chi connectivity index (χ2n) is 5.46. The Bertz CT molecular complexity index is 703. The molecule has 0 aliphatic heterocycles. The van der Waals surface area contributed by atoms with E-state index >= 15 is 0 Å². The van der Waals surface area contributed by atoms with E-state index in [9.17, 15) is 14.9 Å². The first-order valence-corrected chi connectivity index (χ1v) is 8.93. The molecule has 1 amide bonds.